The molecule has 1 saturated carbocycles. The van der Waals surface area contributed by atoms with Gasteiger partial charge >= 0.3 is 0 Å². The molecule has 1 aromatic rings. The van der Waals surface area contributed by atoms with E-state index in [2.05, 4.69) is 12.2 Å². The summed E-state index contributed by atoms with van der Waals surface area (Å²) in [5, 5.41) is 13.8. The van der Waals surface area contributed by atoms with E-state index in [1.165, 1.54) is 6.07 Å². The maximum absolute atomic E-state index is 12.3. The van der Waals surface area contributed by atoms with Gasteiger partial charge < -0.3 is 10.2 Å². The van der Waals surface area contributed by atoms with Gasteiger partial charge in [0.25, 0.3) is 11.6 Å². The zero-order chi connectivity index (χ0) is 14.9. The van der Waals surface area contributed by atoms with Gasteiger partial charge in [0, 0.05) is 32.3 Å². The lowest BCUT2D eigenvalue weighted by atomic mass is 10.1. The normalized spacial score (nSPS) is 20.4. The van der Waals surface area contributed by atoms with Crippen molar-refractivity contribution in [1.29, 1.82) is 0 Å². The molecule has 6 nitrogen and oxygen atoms in total. The summed E-state index contributed by atoms with van der Waals surface area (Å²) in [6.07, 6.45) is 1.15. The first-order valence-electron chi connectivity index (χ1n) is 6.65. The maximum Gasteiger partial charge on any atom is 0.293 e. The predicted octanol–water partition coefficient (Wildman–Crippen LogP) is 2.36. The summed E-state index contributed by atoms with van der Waals surface area (Å²) in [7, 11) is 3.36. The number of amides is 1. The van der Waals surface area contributed by atoms with Crippen molar-refractivity contribution in [1.82, 2.24) is 4.90 Å². The number of nitrogens with zero attached hydrogens (tertiary/aromatic N) is 2. The molecule has 1 N–H and O–H groups in total. The van der Waals surface area contributed by atoms with E-state index in [0.717, 1.165) is 6.42 Å². The number of rotatable bonds is 5. The Morgan fingerprint density at radius 1 is 1.55 bits per heavy atom. The second kappa shape index (κ2) is 5.48. The molecule has 0 heterocycles. The third kappa shape index (κ3) is 2.89. The van der Waals surface area contributed by atoms with Crippen molar-refractivity contribution >= 4 is 17.3 Å². The van der Waals surface area contributed by atoms with Gasteiger partial charge in [-0.05, 0) is 30.4 Å². The van der Waals surface area contributed by atoms with Crippen molar-refractivity contribution < 1.29 is 9.72 Å². The van der Waals surface area contributed by atoms with Crippen LogP contribution in [0.4, 0.5) is 11.4 Å². The van der Waals surface area contributed by atoms with E-state index in [0.29, 0.717) is 29.6 Å². The van der Waals surface area contributed by atoms with Crippen LogP contribution in [0.2, 0.25) is 0 Å². The van der Waals surface area contributed by atoms with Gasteiger partial charge in [0.2, 0.25) is 0 Å². The fraction of sp³-hybridized carbons (Fsp3) is 0.500. The van der Waals surface area contributed by atoms with E-state index in [4.69, 9.17) is 0 Å². The van der Waals surface area contributed by atoms with E-state index in [1.54, 1.807) is 31.1 Å². The van der Waals surface area contributed by atoms with Crippen LogP contribution in [0, 0.1) is 22.0 Å². The molecule has 2 atom stereocenters. The number of benzene rings is 1. The molecule has 0 aliphatic heterocycles. The number of nitro benzene ring substituents is 1. The quantitative estimate of drug-likeness (QED) is 0.662. The number of hydrogen-bond acceptors (Lipinski definition) is 4. The number of anilines is 1. The first-order valence-corrected chi connectivity index (χ1v) is 6.65. The molecule has 1 fully saturated rings. The van der Waals surface area contributed by atoms with E-state index in [9.17, 15) is 14.9 Å². The number of carbonyl (C=O) groups excluding carboxylic acids is 1. The van der Waals surface area contributed by atoms with E-state index >= 15 is 0 Å². The molecule has 1 aliphatic carbocycles. The standard InChI is InChI=1S/C14H19N3O3/c1-9-6-11(9)8-16(3)14(18)10-4-5-12(15-2)13(7-10)17(19)20/h4-5,7,9,11,15H,6,8H2,1-3H3. The molecule has 0 bridgehead atoms. The summed E-state index contributed by atoms with van der Waals surface area (Å²) in [5.41, 5.74) is 0.683. The zero-order valence-electron chi connectivity index (χ0n) is 11.9. The van der Waals surface area contributed by atoms with Gasteiger partial charge in [-0.1, -0.05) is 6.92 Å². The molecular formula is C14H19N3O3. The highest BCUT2D eigenvalue weighted by molar-refractivity contribution is 5.95. The molecule has 1 aliphatic rings. The van der Waals surface area contributed by atoms with E-state index < -0.39 is 4.92 Å². The number of hydrogen-bond donors (Lipinski definition) is 1. The Balaban J connectivity index is 2.17. The summed E-state index contributed by atoms with van der Waals surface area (Å²) in [4.78, 5) is 24.4. The van der Waals surface area contributed by atoms with Gasteiger partial charge in [-0.15, -0.1) is 0 Å². The van der Waals surface area contributed by atoms with Crippen molar-refractivity contribution in [3.8, 4) is 0 Å². The Bertz CT molecular complexity index is 544. The summed E-state index contributed by atoms with van der Waals surface area (Å²) in [6.45, 7) is 2.87. The Hall–Kier alpha value is -2.11. The SMILES string of the molecule is CNc1ccc(C(=O)N(C)CC2CC2C)cc1[N+](=O)[O-]. The Morgan fingerprint density at radius 3 is 2.70 bits per heavy atom. The van der Waals surface area contributed by atoms with Crippen LogP contribution in [0.15, 0.2) is 18.2 Å². The molecule has 0 aromatic heterocycles. The van der Waals surface area contributed by atoms with Crippen molar-refractivity contribution in [3.63, 3.8) is 0 Å². The monoisotopic (exact) mass is 277 g/mol. The first-order chi connectivity index (χ1) is 9.43. The molecule has 2 unspecified atom stereocenters. The zero-order valence-corrected chi connectivity index (χ0v) is 11.9. The maximum atomic E-state index is 12.3. The lowest BCUT2D eigenvalue weighted by Gasteiger charge is -2.17. The largest absolute Gasteiger partial charge is 0.383 e. The van der Waals surface area contributed by atoms with Crippen LogP contribution in [0.25, 0.3) is 0 Å². The van der Waals surface area contributed by atoms with Crippen LogP contribution in [0.1, 0.15) is 23.7 Å². The average Bonchev–Trinajstić information content (AvgIpc) is 3.12. The lowest BCUT2D eigenvalue weighted by Crippen LogP contribution is -2.29. The van der Waals surface area contributed by atoms with Gasteiger partial charge in [-0.25, -0.2) is 0 Å². The van der Waals surface area contributed by atoms with Gasteiger partial charge in [0.05, 0.1) is 4.92 Å². The smallest absolute Gasteiger partial charge is 0.293 e. The van der Waals surface area contributed by atoms with Crippen LogP contribution in [-0.2, 0) is 0 Å². The van der Waals surface area contributed by atoms with Gasteiger partial charge in [0.1, 0.15) is 5.69 Å². The third-order valence-electron chi connectivity index (χ3n) is 3.84. The van der Waals surface area contributed by atoms with Crippen molar-refractivity contribution in [2.24, 2.45) is 11.8 Å². The topological polar surface area (TPSA) is 75.5 Å². The van der Waals surface area contributed by atoms with Crippen molar-refractivity contribution in [2.45, 2.75) is 13.3 Å². The van der Waals surface area contributed by atoms with Gasteiger partial charge in [0.15, 0.2) is 0 Å². The van der Waals surface area contributed by atoms with Crippen LogP contribution in [0.5, 0.6) is 0 Å². The van der Waals surface area contributed by atoms with Crippen molar-refractivity contribution in [3.05, 3.63) is 33.9 Å². The predicted molar refractivity (Wildman–Crippen MR) is 76.9 cm³/mol. The molecule has 6 heteroatoms. The van der Waals surface area contributed by atoms with Crippen LogP contribution >= 0.6 is 0 Å². The highest BCUT2D eigenvalue weighted by atomic mass is 16.6. The first kappa shape index (κ1) is 14.3. The van der Waals surface area contributed by atoms with Crippen LogP contribution in [0.3, 0.4) is 0 Å². The third-order valence-corrected chi connectivity index (χ3v) is 3.84. The molecule has 1 amide bonds. The molecule has 0 saturated heterocycles. The summed E-state index contributed by atoms with van der Waals surface area (Å²) < 4.78 is 0. The minimum absolute atomic E-state index is 0.0773. The number of nitrogens with one attached hydrogen (secondary N) is 1. The fourth-order valence-electron chi connectivity index (χ4n) is 2.34. The highest BCUT2D eigenvalue weighted by Crippen LogP contribution is 2.38. The van der Waals surface area contributed by atoms with E-state index in [-0.39, 0.29) is 11.6 Å². The molecule has 108 valence electrons. The second-order valence-electron chi connectivity index (χ2n) is 5.40. The Morgan fingerprint density at radius 2 is 2.20 bits per heavy atom. The minimum Gasteiger partial charge on any atom is -0.383 e. The highest BCUT2D eigenvalue weighted by Gasteiger charge is 2.34. The summed E-state index contributed by atoms with van der Waals surface area (Å²) >= 11 is 0. The molecular weight excluding hydrogens is 258 g/mol. The molecule has 0 spiro atoms. The average molecular weight is 277 g/mol. The second-order valence-corrected chi connectivity index (χ2v) is 5.40. The van der Waals surface area contributed by atoms with Crippen molar-refractivity contribution in [2.75, 3.05) is 26.0 Å². The molecule has 1 aromatic carbocycles. The summed E-state index contributed by atoms with van der Waals surface area (Å²) in [5.74, 6) is 1.07. The van der Waals surface area contributed by atoms with Crippen LogP contribution in [-0.4, -0.2) is 36.4 Å². The minimum atomic E-state index is -0.481. The lowest BCUT2D eigenvalue weighted by molar-refractivity contribution is -0.384. The Kier molecular flexibility index (Phi) is 3.92. The molecule has 0 radical (unpaired) electrons. The molecule has 2 rings (SSSR count). The Labute approximate surface area is 117 Å². The van der Waals surface area contributed by atoms with Gasteiger partial charge in [-0.2, -0.15) is 0 Å². The fourth-order valence-corrected chi connectivity index (χ4v) is 2.34. The number of nitro groups is 1. The molecule has 20 heavy (non-hydrogen) atoms. The van der Waals surface area contributed by atoms with Crippen LogP contribution < -0.4 is 5.32 Å². The van der Waals surface area contributed by atoms with Gasteiger partial charge in [-0.3, -0.25) is 14.9 Å². The summed E-state index contributed by atoms with van der Waals surface area (Å²) in [6, 6.07) is 4.52. The van der Waals surface area contributed by atoms with E-state index in [1.807, 2.05) is 0 Å². The number of carbonyl (C=O) groups is 1.